The Morgan fingerprint density at radius 2 is 2.28 bits per heavy atom. The van der Waals surface area contributed by atoms with E-state index in [0.717, 1.165) is 17.8 Å². The SMILES string of the molecule is CCC(=CCNc1cn(C)nc1CC)C(=O)OC. The molecule has 0 unspecified atom stereocenters. The summed E-state index contributed by atoms with van der Waals surface area (Å²) in [6.45, 7) is 4.59. The van der Waals surface area contributed by atoms with Crippen LogP contribution in [0, 0.1) is 0 Å². The lowest BCUT2D eigenvalue weighted by Gasteiger charge is -2.04. The maximum absolute atomic E-state index is 11.4. The monoisotopic (exact) mass is 251 g/mol. The summed E-state index contributed by atoms with van der Waals surface area (Å²) >= 11 is 0. The van der Waals surface area contributed by atoms with Crippen LogP contribution in [0.5, 0.6) is 0 Å². The fourth-order valence-electron chi connectivity index (χ4n) is 1.73. The molecule has 0 atom stereocenters. The summed E-state index contributed by atoms with van der Waals surface area (Å²) in [5.74, 6) is -0.263. The zero-order valence-electron chi connectivity index (χ0n) is 11.5. The summed E-state index contributed by atoms with van der Waals surface area (Å²) in [7, 11) is 3.29. The van der Waals surface area contributed by atoms with Crippen molar-refractivity contribution in [3.8, 4) is 0 Å². The highest BCUT2D eigenvalue weighted by Crippen LogP contribution is 2.13. The van der Waals surface area contributed by atoms with Gasteiger partial charge in [-0.2, -0.15) is 5.10 Å². The second kappa shape index (κ2) is 6.83. The number of ether oxygens (including phenoxy) is 1. The van der Waals surface area contributed by atoms with Crippen LogP contribution in [0.3, 0.4) is 0 Å². The van der Waals surface area contributed by atoms with E-state index < -0.39 is 0 Å². The van der Waals surface area contributed by atoms with Crippen molar-refractivity contribution >= 4 is 11.7 Å². The second-order valence-corrected chi connectivity index (χ2v) is 3.97. The molecular weight excluding hydrogens is 230 g/mol. The van der Waals surface area contributed by atoms with E-state index in [2.05, 4.69) is 17.3 Å². The number of aryl methyl sites for hydroxylation is 2. The number of methoxy groups -OCH3 is 1. The minimum atomic E-state index is -0.263. The van der Waals surface area contributed by atoms with E-state index in [1.165, 1.54) is 7.11 Å². The standard InChI is InChI=1S/C13H21N3O2/c1-5-10(13(17)18-4)7-8-14-12-9-16(3)15-11(12)6-2/h7,9,14H,5-6,8H2,1-4H3. The normalized spacial score (nSPS) is 11.4. The van der Waals surface area contributed by atoms with Crippen molar-refractivity contribution in [2.24, 2.45) is 7.05 Å². The predicted molar refractivity (Wildman–Crippen MR) is 71.5 cm³/mol. The van der Waals surface area contributed by atoms with Crippen molar-refractivity contribution in [3.05, 3.63) is 23.5 Å². The number of carbonyl (C=O) groups is 1. The molecule has 100 valence electrons. The quantitative estimate of drug-likeness (QED) is 0.620. The fourth-order valence-corrected chi connectivity index (χ4v) is 1.73. The number of rotatable bonds is 6. The van der Waals surface area contributed by atoms with Gasteiger partial charge in [0.1, 0.15) is 0 Å². The highest BCUT2D eigenvalue weighted by atomic mass is 16.5. The number of nitrogens with zero attached hydrogens (tertiary/aromatic N) is 2. The molecule has 0 radical (unpaired) electrons. The van der Waals surface area contributed by atoms with Gasteiger partial charge in [0.2, 0.25) is 0 Å². The van der Waals surface area contributed by atoms with Crippen molar-refractivity contribution < 1.29 is 9.53 Å². The van der Waals surface area contributed by atoms with Crippen LogP contribution in [0.25, 0.3) is 0 Å². The van der Waals surface area contributed by atoms with Gasteiger partial charge >= 0.3 is 5.97 Å². The molecule has 1 heterocycles. The van der Waals surface area contributed by atoms with Crippen molar-refractivity contribution in [1.29, 1.82) is 0 Å². The van der Waals surface area contributed by atoms with Crippen molar-refractivity contribution in [1.82, 2.24) is 9.78 Å². The Hall–Kier alpha value is -1.78. The number of carbonyl (C=O) groups excluding carboxylic acids is 1. The highest BCUT2D eigenvalue weighted by Gasteiger charge is 2.07. The lowest BCUT2D eigenvalue weighted by atomic mass is 10.2. The molecule has 18 heavy (non-hydrogen) atoms. The van der Waals surface area contributed by atoms with Gasteiger partial charge in [0.15, 0.2) is 0 Å². The summed E-state index contributed by atoms with van der Waals surface area (Å²) < 4.78 is 6.49. The van der Waals surface area contributed by atoms with Gasteiger partial charge in [0.05, 0.1) is 18.5 Å². The largest absolute Gasteiger partial charge is 0.466 e. The maximum Gasteiger partial charge on any atom is 0.333 e. The summed E-state index contributed by atoms with van der Waals surface area (Å²) in [4.78, 5) is 11.4. The third-order valence-electron chi connectivity index (χ3n) is 2.71. The summed E-state index contributed by atoms with van der Waals surface area (Å²) in [5.41, 5.74) is 2.73. The summed E-state index contributed by atoms with van der Waals surface area (Å²) in [6.07, 6.45) is 5.35. The molecule has 5 nitrogen and oxygen atoms in total. The first kappa shape index (κ1) is 14.3. The maximum atomic E-state index is 11.4. The Labute approximate surface area is 108 Å². The molecule has 0 bridgehead atoms. The Morgan fingerprint density at radius 3 is 2.83 bits per heavy atom. The van der Waals surface area contributed by atoms with E-state index in [-0.39, 0.29) is 5.97 Å². The van der Waals surface area contributed by atoms with Crippen LogP contribution < -0.4 is 5.32 Å². The van der Waals surface area contributed by atoms with Gasteiger partial charge in [0, 0.05) is 25.4 Å². The van der Waals surface area contributed by atoms with Gasteiger partial charge in [-0.15, -0.1) is 0 Å². The Kier molecular flexibility index (Phi) is 5.42. The first-order valence-electron chi connectivity index (χ1n) is 6.16. The fraction of sp³-hybridized carbons (Fsp3) is 0.538. The topological polar surface area (TPSA) is 56.2 Å². The molecule has 0 amide bonds. The van der Waals surface area contributed by atoms with E-state index in [4.69, 9.17) is 4.74 Å². The lowest BCUT2D eigenvalue weighted by molar-refractivity contribution is -0.136. The molecule has 0 aliphatic heterocycles. The minimum Gasteiger partial charge on any atom is -0.466 e. The van der Waals surface area contributed by atoms with E-state index in [0.29, 0.717) is 18.5 Å². The van der Waals surface area contributed by atoms with Gasteiger partial charge in [0.25, 0.3) is 0 Å². The van der Waals surface area contributed by atoms with E-state index in [9.17, 15) is 4.79 Å². The number of aromatic nitrogens is 2. The zero-order chi connectivity index (χ0) is 13.5. The molecule has 0 saturated carbocycles. The van der Waals surface area contributed by atoms with Gasteiger partial charge in [-0.05, 0) is 12.8 Å². The molecule has 1 aromatic rings. The van der Waals surface area contributed by atoms with Crippen LogP contribution >= 0.6 is 0 Å². The van der Waals surface area contributed by atoms with Crippen LogP contribution in [0.1, 0.15) is 26.0 Å². The van der Waals surface area contributed by atoms with Crippen LogP contribution in [-0.2, 0) is 23.0 Å². The van der Waals surface area contributed by atoms with Gasteiger partial charge in [-0.1, -0.05) is 19.9 Å². The van der Waals surface area contributed by atoms with Crippen molar-refractivity contribution in [3.63, 3.8) is 0 Å². The number of hydrogen-bond donors (Lipinski definition) is 1. The zero-order valence-corrected chi connectivity index (χ0v) is 11.5. The minimum absolute atomic E-state index is 0.263. The number of anilines is 1. The first-order chi connectivity index (χ1) is 8.62. The molecule has 0 aromatic carbocycles. The number of hydrogen-bond acceptors (Lipinski definition) is 4. The molecular formula is C13H21N3O2. The molecule has 0 fully saturated rings. The van der Waals surface area contributed by atoms with Crippen LogP contribution in [0.2, 0.25) is 0 Å². The molecule has 5 heteroatoms. The Balaban J connectivity index is 2.64. The van der Waals surface area contributed by atoms with Crippen molar-refractivity contribution in [2.75, 3.05) is 19.0 Å². The average Bonchev–Trinajstić information content (AvgIpc) is 2.74. The molecule has 0 aliphatic carbocycles. The third kappa shape index (κ3) is 3.61. The molecule has 1 rings (SSSR count). The molecule has 1 N–H and O–H groups in total. The van der Waals surface area contributed by atoms with Gasteiger partial charge in [-0.25, -0.2) is 4.79 Å². The number of nitrogens with one attached hydrogen (secondary N) is 1. The van der Waals surface area contributed by atoms with E-state index in [1.807, 2.05) is 26.2 Å². The highest BCUT2D eigenvalue weighted by molar-refractivity contribution is 5.88. The van der Waals surface area contributed by atoms with Crippen LogP contribution in [0.4, 0.5) is 5.69 Å². The summed E-state index contributed by atoms with van der Waals surface area (Å²) in [6, 6.07) is 0. The lowest BCUT2D eigenvalue weighted by Crippen LogP contribution is -2.07. The Bertz CT molecular complexity index is 435. The number of esters is 1. The Morgan fingerprint density at radius 1 is 1.56 bits per heavy atom. The summed E-state index contributed by atoms with van der Waals surface area (Å²) in [5, 5.41) is 7.60. The van der Waals surface area contributed by atoms with E-state index in [1.54, 1.807) is 4.68 Å². The molecule has 0 saturated heterocycles. The van der Waals surface area contributed by atoms with Crippen LogP contribution in [-0.4, -0.2) is 29.4 Å². The first-order valence-corrected chi connectivity index (χ1v) is 6.16. The van der Waals surface area contributed by atoms with Crippen molar-refractivity contribution in [2.45, 2.75) is 26.7 Å². The molecule has 1 aromatic heterocycles. The third-order valence-corrected chi connectivity index (χ3v) is 2.71. The molecule has 0 spiro atoms. The van der Waals surface area contributed by atoms with Gasteiger partial charge < -0.3 is 10.1 Å². The molecule has 0 aliphatic rings. The second-order valence-electron chi connectivity index (χ2n) is 3.97. The van der Waals surface area contributed by atoms with Gasteiger partial charge in [-0.3, -0.25) is 4.68 Å². The smallest absolute Gasteiger partial charge is 0.333 e. The predicted octanol–water partition coefficient (Wildman–Crippen LogP) is 1.90. The average molecular weight is 251 g/mol. The van der Waals surface area contributed by atoms with Crippen LogP contribution in [0.15, 0.2) is 17.8 Å². The van der Waals surface area contributed by atoms with E-state index >= 15 is 0 Å².